The fourth-order valence-electron chi connectivity index (χ4n) is 0.900. The number of nitrogens with zero attached hydrogens (tertiary/aromatic N) is 1. The van der Waals surface area contributed by atoms with Gasteiger partial charge >= 0.3 is 11.9 Å². The van der Waals surface area contributed by atoms with Gasteiger partial charge in [-0.15, -0.1) is 5.06 Å². The number of hydrogen-bond acceptors (Lipinski definition) is 5. The first-order valence-electron chi connectivity index (χ1n) is 3.68. The van der Waals surface area contributed by atoms with Crippen LogP contribution in [0.25, 0.3) is 0 Å². The zero-order valence-corrected chi connectivity index (χ0v) is 7.27. The van der Waals surface area contributed by atoms with Gasteiger partial charge in [0.1, 0.15) is 0 Å². The number of esters is 1. The maximum Gasteiger partial charge on any atom is 0.329 e. The first-order chi connectivity index (χ1) is 6.00. The van der Waals surface area contributed by atoms with E-state index in [9.17, 15) is 14.4 Å². The lowest BCUT2D eigenvalue weighted by atomic mass is 10.2. The van der Waals surface area contributed by atoms with Gasteiger partial charge in [0, 0.05) is 13.8 Å². The Morgan fingerprint density at radius 2 is 2.00 bits per heavy atom. The zero-order chi connectivity index (χ0) is 10.0. The highest BCUT2D eigenvalue weighted by atomic mass is 16.8. The molecule has 1 fully saturated rings. The minimum atomic E-state index is -0.756. The van der Waals surface area contributed by atoms with E-state index in [1.54, 1.807) is 0 Å². The van der Waals surface area contributed by atoms with Crippen molar-refractivity contribution in [3.05, 3.63) is 0 Å². The van der Waals surface area contributed by atoms with Gasteiger partial charge < -0.3 is 9.57 Å². The summed E-state index contributed by atoms with van der Waals surface area (Å²) in [7, 11) is 0. The topological polar surface area (TPSA) is 72.9 Å². The second-order valence-electron chi connectivity index (χ2n) is 2.57. The van der Waals surface area contributed by atoms with Crippen molar-refractivity contribution in [1.29, 1.82) is 0 Å². The summed E-state index contributed by atoms with van der Waals surface area (Å²) in [4.78, 5) is 36.2. The number of rotatable bonds is 2. The smallest absolute Gasteiger partial charge is 0.329 e. The van der Waals surface area contributed by atoms with E-state index >= 15 is 0 Å². The maximum absolute atomic E-state index is 10.8. The van der Waals surface area contributed by atoms with Crippen LogP contribution >= 0.6 is 0 Å². The number of ether oxygens (including phenoxy) is 1. The van der Waals surface area contributed by atoms with Crippen molar-refractivity contribution in [3.63, 3.8) is 0 Å². The molecule has 0 aliphatic carbocycles. The van der Waals surface area contributed by atoms with Gasteiger partial charge in [-0.1, -0.05) is 0 Å². The third-order valence-corrected chi connectivity index (χ3v) is 1.39. The Labute approximate surface area is 74.3 Å². The molecule has 0 bridgehead atoms. The van der Waals surface area contributed by atoms with E-state index in [-0.39, 0.29) is 12.3 Å². The Hall–Kier alpha value is -1.59. The summed E-state index contributed by atoms with van der Waals surface area (Å²) in [5.41, 5.74) is 0. The van der Waals surface area contributed by atoms with Gasteiger partial charge in [-0.25, -0.2) is 0 Å². The lowest BCUT2D eigenvalue weighted by molar-refractivity contribution is -0.262. The predicted octanol–water partition coefficient (Wildman–Crippen LogP) is -0.414. The van der Waals surface area contributed by atoms with Crippen molar-refractivity contribution >= 4 is 17.8 Å². The summed E-state index contributed by atoms with van der Waals surface area (Å²) in [6.45, 7) is 2.38. The molecule has 0 aromatic rings. The number of amides is 1. The normalized spacial score (nSPS) is 20.6. The standard InChI is InChI=1S/C7H9NO5/c1-4(9)12-7-3-6(11)8(7)13-5(2)10/h7H,3H2,1-2H3. The number of hydroxylamine groups is 2. The van der Waals surface area contributed by atoms with Crippen LogP contribution in [0.3, 0.4) is 0 Å². The van der Waals surface area contributed by atoms with Gasteiger partial charge in [0.05, 0.1) is 6.42 Å². The molecule has 13 heavy (non-hydrogen) atoms. The second-order valence-corrected chi connectivity index (χ2v) is 2.57. The molecule has 1 amide bonds. The predicted molar refractivity (Wildman–Crippen MR) is 38.8 cm³/mol. The molecule has 0 N–H and O–H groups in total. The fourth-order valence-corrected chi connectivity index (χ4v) is 0.900. The molecular formula is C7H9NO5. The SMILES string of the molecule is CC(=O)OC1CC(=O)N1OC(C)=O. The molecule has 72 valence electrons. The number of carbonyl (C=O) groups is 3. The molecule has 1 aliphatic rings. The number of carbonyl (C=O) groups excluding carboxylic acids is 3. The lowest BCUT2D eigenvalue weighted by Crippen LogP contribution is -2.54. The summed E-state index contributed by atoms with van der Waals surface area (Å²) in [5.74, 6) is -1.51. The van der Waals surface area contributed by atoms with E-state index in [2.05, 4.69) is 9.57 Å². The Morgan fingerprint density at radius 1 is 1.38 bits per heavy atom. The van der Waals surface area contributed by atoms with Gasteiger partial charge in [0.25, 0.3) is 5.91 Å². The zero-order valence-electron chi connectivity index (χ0n) is 7.27. The van der Waals surface area contributed by atoms with Gasteiger partial charge in [0.2, 0.25) is 6.23 Å². The molecule has 1 saturated heterocycles. The minimum Gasteiger partial charge on any atom is -0.438 e. The summed E-state index contributed by atoms with van der Waals surface area (Å²) < 4.78 is 4.66. The van der Waals surface area contributed by atoms with Gasteiger partial charge in [-0.3, -0.25) is 14.4 Å². The van der Waals surface area contributed by atoms with Crippen LogP contribution in [0.15, 0.2) is 0 Å². The molecule has 0 aromatic carbocycles. The monoisotopic (exact) mass is 187 g/mol. The third-order valence-electron chi connectivity index (χ3n) is 1.39. The second kappa shape index (κ2) is 3.42. The molecule has 6 heteroatoms. The highest BCUT2D eigenvalue weighted by molar-refractivity contribution is 5.83. The van der Waals surface area contributed by atoms with E-state index in [4.69, 9.17) is 0 Å². The molecule has 1 rings (SSSR count). The van der Waals surface area contributed by atoms with Crippen LogP contribution < -0.4 is 0 Å². The average molecular weight is 187 g/mol. The quantitative estimate of drug-likeness (QED) is 0.434. The highest BCUT2D eigenvalue weighted by Gasteiger charge is 2.41. The van der Waals surface area contributed by atoms with Crippen molar-refractivity contribution in [1.82, 2.24) is 5.06 Å². The first-order valence-corrected chi connectivity index (χ1v) is 3.68. The van der Waals surface area contributed by atoms with Crippen molar-refractivity contribution in [3.8, 4) is 0 Å². The maximum atomic E-state index is 10.8. The van der Waals surface area contributed by atoms with Crippen LogP contribution in [0.1, 0.15) is 20.3 Å². The average Bonchev–Trinajstić information content (AvgIpc) is 1.99. The fraction of sp³-hybridized carbons (Fsp3) is 0.571. The van der Waals surface area contributed by atoms with Crippen molar-refractivity contribution in [2.24, 2.45) is 0 Å². The van der Waals surface area contributed by atoms with Crippen LogP contribution in [0.5, 0.6) is 0 Å². The molecule has 1 aliphatic heterocycles. The van der Waals surface area contributed by atoms with Crippen molar-refractivity contribution < 1.29 is 24.0 Å². The molecule has 1 atom stereocenters. The molecule has 0 aromatic heterocycles. The molecular weight excluding hydrogens is 178 g/mol. The third kappa shape index (κ3) is 2.17. The molecule has 0 saturated carbocycles. The van der Waals surface area contributed by atoms with Crippen LogP contribution in [0.2, 0.25) is 0 Å². The molecule has 6 nitrogen and oxygen atoms in total. The Kier molecular flexibility index (Phi) is 2.50. The van der Waals surface area contributed by atoms with Gasteiger partial charge in [-0.2, -0.15) is 0 Å². The van der Waals surface area contributed by atoms with Gasteiger partial charge in [-0.05, 0) is 0 Å². The van der Waals surface area contributed by atoms with Crippen LogP contribution in [0, 0.1) is 0 Å². The summed E-state index contributed by atoms with van der Waals surface area (Å²) in [6.07, 6.45) is -0.693. The van der Waals surface area contributed by atoms with Crippen LogP contribution in [-0.2, 0) is 24.0 Å². The van der Waals surface area contributed by atoms with E-state index in [0.29, 0.717) is 0 Å². The summed E-state index contributed by atoms with van der Waals surface area (Å²) >= 11 is 0. The first kappa shape index (κ1) is 9.50. The Morgan fingerprint density at radius 3 is 2.38 bits per heavy atom. The minimum absolute atomic E-state index is 0.0624. The van der Waals surface area contributed by atoms with E-state index in [1.807, 2.05) is 0 Å². The van der Waals surface area contributed by atoms with E-state index in [0.717, 1.165) is 12.0 Å². The van der Waals surface area contributed by atoms with E-state index < -0.39 is 18.2 Å². The van der Waals surface area contributed by atoms with Crippen LogP contribution in [-0.4, -0.2) is 29.1 Å². The molecule has 1 heterocycles. The highest BCUT2D eigenvalue weighted by Crippen LogP contribution is 2.20. The summed E-state index contributed by atoms with van der Waals surface area (Å²) in [6, 6.07) is 0. The Balaban J connectivity index is 2.46. The number of hydrogen-bond donors (Lipinski definition) is 0. The van der Waals surface area contributed by atoms with Crippen molar-refractivity contribution in [2.75, 3.05) is 0 Å². The molecule has 1 unspecified atom stereocenters. The van der Waals surface area contributed by atoms with Crippen molar-refractivity contribution in [2.45, 2.75) is 26.5 Å². The van der Waals surface area contributed by atoms with Gasteiger partial charge in [0.15, 0.2) is 0 Å². The molecule has 0 spiro atoms. The Bertz CT molecular complexity index is 262. The summed E-state index contributed by atoms with van der Waals surface area (Å²) in [5, 5.41) is 0.754. The largest absolute Gasteiger partial charge is 0.438 e. The number of β-lactam (4-membered cyclic amide) rings is 1. The van der Waals surface area contributed by atoms with E-state index in [1.165, 1.54) is 6.92 Å². The molecule has 0 radical (unpaired) electrons. The lowest BCUT2D eigenvalue weighted by Gasteiger charge is -2.35. The van der Waals surface area contributed by atoms with Crippen LogP contribution in [0.4, 0.5) is 0 Å².